The smallest absolute Gasteiger partial charge is 0.255 e. The quantitative estimate of drug-likeness (QED) is 0.936. The van der Waals surface area contributed by atoms with Gasteiger partial charge < -0.3 is 19.5 Å². The van der Waals surface area contributed by atoms with Crippen LogP contribution in [0.5, 0.6) is 5.75 Å². The number of carbonyl (C=O) groups is 1. The molecule has 4 rings (SSSR count). The fourth-order valence-corrected chi connectivity index (χ4v) is 3.47. The number of hydrogen-bond acceptors (Lipinski definition) is 4. The van der Waals surface area contributed by atoms with Crippen LogP contribution >= 0.6 is 0 Å². The summed E-state index contributed by atoms with van der Waals surface area (Å²) >= 11 is 0. The number of nitrogens with one attached hydrogen (secondary N) is 1. The number of likely N-dealkylation sites (tertiary alicyclic amines) is 1. The molecule has 0 bridgehead atoms. The molecule has 6 nitrogen and oxygen atoms in total. The molecule has 1 atom stereocenters. The highest BCUT2D eigenvalue weighted by Gasteiger charge is 2.29. The number of ether oxygens (including phenoxy) is 1. The first kappa shape index (κ1) is 15.1. The van der Waals surface area contributed by atoms with Gasteiger partial charge in [-0.25, -0.2) is 4.98 Å². The van der Waals surface area contributed by atoms with E-state index in [1.807, 2.05) is 29.3 Å². The summed E-state index contributed by atoms with van der Waals surface area (Å²) in [5, 5.41) is 0. The number of rotatable bonds is 4. The van der Waals surface area contributed by atoms with E-state index in [2.05, 4.69) is 14.9 Å². The number of aromatic amines is 1. The fraction of sp³-hybridized carbons (Fsp3) is 0.444. The van der Waals surface area contributed by atoms with E-state index in [0.29, 0.717) is 12.1 Å². The van der Waals surface area contributed by atoms with Crippen LogP contribution in [0.4, 0.5) is 5.82 Å². The summed E-state index contributed by atoms with van der Waals surface area (Å²) in [7, 11) is 0. The standard InChI is InChI=1S/C18H22N4O2/c23-18(14-5-8-19-12-14)22-11-6-15(13-22)24-16-4-3-7-20-17(16)21-9-1-2-10-21/h3-5,7-8,12,15,19H,1-2,6,9-11,13H2/t15-/m0/s1. The second-order valence-corrected chi connectivity index (χ2v) is 6.40. The molecular formula is C18H22N4O2. The van der Waals surface area contributed by atoms with Gasteiger partial charge in [0.1, 0.15) is 6.10 Å². The monoisotopic (exact) mass is 326 g/mol. The minimum absolute atomic E-state index is 0.0263. The van der Waals surface area contributed by atoms with Crippen LogP contribution in [0.2, 0.25) is 0 Å². The Bertz CT molecular complexity index is 695. The molecule has 126 valence electrons. The summed E-state index contributed by atoms with van der Waals surface area (Å²) in [6, 6.07) is 5.70. The number of carbonyl (C=O) groups excluding carboxylic acids is 1. The van der Waals surface area contributed by atoms with Crippen LogP contribution in [0.3, 0.4) is 0 Å². The van der Waals surface area contributed by atoms with Crippen molar-refractivity contribution in [2.75, 3.05) is 31.1 Å². The number of nitrogens with zero attached hydrogens (tertiary/aromatic N) is 3. The van der Waals surface area contributed by atoms with Crippen molar-refractivity contribution in [3.05, 3.63) is 42.4 Å². The Hall–Kier alpha value is -2.50. The Kier molecular flexibility index (Phi) is 4.11. The molecule has 6 heteroatoms. The molecule has 2 aliphatic heterocycles. The lowest BCUT2D eigenvalue weighted by Crippen LogP contribution is -2.31. The zero-order chi connectivity index (χ0) is 16.4. The third-order valence-corrected chi connectivity index (χ3v) is 4.73. The van der Waals surface area contributed by atoms with Crippen LogP contribution in [-0.4, -0.2) is 53.1 Å². The molecule has 2 aromatic rings. The highest BCUT2D eigenvalue weighted by atomic mass is 16.5. The van der Waals surface area contributed by atoms with Crippen molar-refractivity contribution < 1.29 is 9.53 Å². The van der Waals surface area contributed by atoms with Crippen LogP contribution in [0.25, 0.3) is 0 Å². The summed E-state index contributed by atoms with van der Waals surface area (Å²) in [5.41, 5.74) is 0.704. The topological polar surface area (TPSA) is 61.5 Å². The lowest BCUT2D eigenvalue weighted by Gasteiger charge is -2.22. The Labute approximate surface area is 141 Å². The molecule has 1 N–H and O–H groups in total. The van der Waals surface area contributed by atoms with Gasteiger partial charge in [0.25, 0.3) is 5.91 Å². The first-order chi connectivity index (χ1) is 11.8. The summed E-state index contributed by atoms with van der Waals surface area (Å²) < 4.78 is 6.21. The largest absolute Gasteiger partial charge is 0.485 e. The number of pyridine rings is 1. The molecule has 0 saturated carbocycles. The van der Waals surface area contributed by atoms with Crippen molar-refractivity contribution in [1.29, 1.82) is 0 Å². The van der Waals surface area contributed by atoms with Crippen molar-refractivity contribution in [3.8, 4) is 5.75 Å². The summed E-state index contributed by atoms with van der Waals surface area (Å²) in [5.74, 6) is 1.83. The SMILES string of the molecule is O=C(c1cc[nH]c1)N1CC[C@H](Oc2cccnc2N2CCCC2)C1. The van der Waals surface area contributed by atoms with Gasteiger partial charge in [0.05, 0.1) is 12.1 Å². The minimum atomic E-state index is 0.0263. The van der Waals surface area contributed by atoms with Gasteiger partial charge in [-0.1, -0.05) is 0 Å². The number of aromatic nitrogens is 2. The second kappa shape index (κ2) is 6.55. The molecule has 0 aliphatic carbocycles. The van der Waals surface area contributed by atoms with Crippen LogP contribution in [0.1, 0.15) is 29.6 Å². The second-order valence-electron chi connectivity index (χ2n) is 6.40. The average Bonchev–Trinajstić information content (AvgIpc) is 3.36. The Morgan fingerprint density at radius 2 is 2.12 bits per heavy atom. The lowest BCUT2D eigenvalue weighted by molar-refractivity contribution is 0.0772. The maximum absolute atomic E-state index is 12.4. The molecule has 0 radical (unpaired) electrons. The summed E-state index contributed by atoms with van der Waals surface area (Å²) in [4.78, 5) is 24.0. The molecule has 1 amide bonds. The van der Waals surface area contributed by atoms with E-state index in [4.69, 9.17) is 4.74 Å². The van der Waals surface area contributed by atoms with Gasteiger partial charge >= 0.3 is 0 Å². The molecule has 2 aliphatic rings. The number of H-pyrrole nitrogens is 1. The number of hydrogen-bond donors (Lipinski definition) is 1. The molecule has 0 aromatic carbocycles. The molecular weight excluding hydrogens is 304 g/mol. The van der Waals surface area contributed by atoms with Gasteiger partial charge in [0.15, 0.2) is 11.6 Å². The maximum atomic E-state index is 12.4. The first-order valence-electron chi connectivity index (χ1n) is 8.60. The molecule has 0 unspecified atom stereocenters. The first-order valence-corrected chi connectivity index (χ1v) is 8.60. The Balaban J connectivity index is 1.43. The van der Waals surface area contributed by atoms with Gasteiger partial charge in [0, 0.05) is 44.6 Å². The number of anilines is 1. The highest BCUT2D eigenvalue weighted by Crippen LogP contribution is 2.30. The van der Waals surface area contributed by atoms with Gasteiger partial charge in [-0.2, -0.15) is 0 Å². The van der Waals surface area contributed by atoms with Crippen molar-refractivity contribution in [2.24, 2.45) is 0 Å². The number of amides is 1. The molecule has 4 heterocycles. The van der Waals surface area contributed by atoms with E-state index < -0.39 is 0 Å². The van der Waals surface area contributed by atoms with Crippen molar-refractivity contribution >= 4 is 11.7 Å². The minimum Gasteiger partial charge on any atom is -0.485 e. The van der Waals surface area contributed by atoms with Gasteiger partial charge in [0.2, 0.25) is 0 Å². The van der Waals surface area contributed by atoms with Crippen LogP contribution in [-0.2, 0) is 0 Å². The molecule has 0 spiro atoms. The van der Waals surface area contributed by atoms with Crippen LogP contribution in [0, 0.1) is 0 Å². The van der Waals surface area contributed by atoms with E-state index in [9.17, 15) is 4.79 Å². The average molecular weight is 326 g/mol. The van der Waals surface area contributed by atoms with Crippen LogP contribution < -0.4 is 9.64 Å². The van der Waals surface area contributed by atoms with E-state index in [1.54, 1.807) is 12.4 Å². The normalized spacial score (nSPS) is 20.6. The Morgan fingerprint density at radius 1 is 1.25 bits per heavy atom. The molecule has 2 fully saturated rings. The van der Waals surface area contributed by atoms with Crippen molar-refractivity contribution in [2.45, 2.75) is 25.4 Å². The molecule has 2 saturated heterocycles. The summed E-state index contributed by atoms with van der Waals surface area (Å²) in [6.45, 7) is 3.43. The molecule has 24 heavy (non-hydrogen) atoms. The predicted molar refractivity (Wildman–Crippen MR) is 91.4 cm³/mol. The van der Waals surface area contributed by atoms with E-state index >= 15 is 0 Å². The molecule has 2 aromatic heterocycles. The van der Waals surface area contributed by atoms with Crippen molar-refractivity contribution in [1.82, 2.24) is 14.9 Å². The lowest BCUT2D eigenvalue weighted by atomic mass is 10.3. The van der Waals surface area contributed by atoms with Gasteiger partial charge in [-0.05, 0) is 31.0 Å². The zero-order valence-corrected chi connectivity index (χ0v) is 13.6. The Morgan fingerprint density at radius 3 is 2.92 bits per heavy atom. The third-order valence-electron chi connectivity index (χ3n) is 4.73. The van der Waals surface area contributed by atoms with Crippen molar-refractivity contribution in [3.63, 3.8) is 0 Å². The third kappa shape index (κ3) is 2.96. The van der Waals surface area contributed by atoms with E-state index in [0.717, 1.165) is 37.6 Å². The van der Waals surface area contributed by atoms with Gasteiger partial charge in [-0.15, -0.1) is 0 Å². The van der Waals surface area contributed by atoms with E-state index in [1.165, 1.54) is 12.8 Å². The van der Waals surface area contributed by atoms with Crippen LogP contribution in [0.15, 0.2) is 36.8 Å². The van der Waals surface area contributed by atoms with E-state index in [-0.39, 0.29) is 12.0 Å². The highest BCUT2D eigenvalue weighted by molar-refractivity contribution is 5.94. The zero-order valence-electron chi connectivity index (χ0n) is 13.6. The predicted octanol–water partition coefficient (Wildman–Crippen LogP) is 2.30. The maximum Gasteiger partial charge on any atom is 0.255 e. The summed E-state index contributed by atoms with van der Waals surface area (Å²) in [6.07, 6.45) is 8.62. The fourth-order valence-electron chi connectivity index (χ4n) is 3.47. The van der Waals surface area contributed by atoms with Gasteiger partial charge in [-0.3, -0.25) is 4.79 Å².